The normalized spacial score (nSPS) is 10.4. The molecule has 24 heavy (non-hydrogen) atoms. The van der Waals surface area contributed by atoms with Gasteiger partial charge in [0.15, 0.2) is 10.7 Å². The number of ether oxygens (including phenoxy) is 1. The van der Waals surface area contributed by atoms with Crippen LogP contribution in [0.1, 0.15) is 6.92 Å². The maximum absolute atomic E-state index is 11.0. The van der Waals surface area contributed by atoms with E-state index in [4.69, 9.17) is 21.4 Å². The number of nitrogens with zero attached hydrogens (tertiary/aromatic N) is 1. The number of thiocarbonyl (C=S) groups is 1. The molecule has 1 amide bonds. The van der Waals surface area contributed by atoms with Gasteiger partial charge in [-0.05, 0) is 54.7 Å². The zero-order chi connectivity index (χ0) is 17.1. The number of oxazole rings is 1. The largest absolute Gasteiger partial charge is 0.497 e. The minimum Gasteiger partial charge on any atom is -0.497 e. The Labute approximate surface area is 143 Å². The molecule has 2 N–H and O–H groups in total. The molecule has 0 saturated heterocycles. The molecule has 0 fully saturated rings. The molecule has 122 valence electrons. The van der Waals surface area contributed by atoms with E-state index in [2.05, 4.69) is 15.6 Å². The molecule has 3 aromatic rings. The van der Waals surface area contributed by atoms with E-state index in [0.29, 0.717) is 17.0 Å². The van der Waals surface area contributed by atoms with Gasteiger partial charge in [0.1, 0.15) is 11.3 Å². The van der Waals surface area contributed by atoms with Gasteiger partial charge in [-0.25, -0.2) is 4.98 Å². The van der Waals surface area contributed by atoms with Gasteiger partial charge in [-0.2, -0.15) is 0 Å². The molecule has 0 saturated carbocycles. The van der Waals surface area contributed by atoms with E-state index >= 15 is 0 Å². The van der Waals surface area contributed by atoms with Crippen molar-refractivity contribution < 1.29 is 13.9 Å². The Hall–Kier alpha value is -2.93. The van der Waals surface area contributed by atoms with E-state index in [1.54, 1.807) is 25.3 Å². The Morgan fingerprint density at radius 3 is 2.62 bits per heavy atom. The van der Waals surface area contributed by atoms with Gasteiger partial charge in [0.25, 0.3) is 0 Å². The molecular formula is C17H15N3O3S. The molecule has 2 aromatic carbocycles. The fraction of sp³-hybridized carbons (Fsp3) is 0.118. The molecule has 3 rings (SSSR count). The highest BCUT2D eigenvalue weighted by atomic mass is 32.1. The van der Waals surface area contributed by atoms with Crippen LogP contribution in [0.2, 0.25) is 0 Å². The third-order valence-electron chi connectivity index (χ3n) is 3.27. The van der Waals surface area contributed by atoms with E-state index in [9.17, 15) is 4.79 Å². The van der Waals surface area contributed by atoms with Gasteiger partial charge in [0, 0.05) is 18.2 Å². The number of carbonyl (C=O) groups excluding carboxylic acids is 1. The molecule has 0 bridgehead atoms. The summed E-state index contributed by atoms with van der Waals surface area (Å²) in [5, 5.41) is 5.67. The topological polar surface area (TPSA) is 76.4 Å². The molecule has 0 spiro atoms. The quantitative estimate of drug-likeness (QED) is 0.712. The number of nitrogens with one attached hydrogen (secondary N) is 2. The number of fused-ring (bicyclic) bond motifs is 1. The lowest BCUT2D eigenvalue weighted by Crippen LogP contribution is -2.32. The lowest BCUT2D eigenvalue weighted by molar-refractivity contribution is -0.117. The van der Waals surface area contributed by atoms with Crippen LogP contribution in [0.25, 0.3) is 22.6 Å². The number of amides is 1. The molecule has 0 unspecified atom stereocenters. The van der Waals surface area contributed by atoms with Crippen molar-refractivity contribution in [2.24, 2.45) is 0 Å². The Balaban J connectivity index is 1.85. The van der Waals surface area contributed by atoms with E-state index in [1.807, 2.05) is 24.3 Å². The fourth-order valence-corrected chi connectivity index (χ4v) is 2.45. The van der Waals surface area contributed by atoms with Gasteiger partial charge >= 0.3 is 0 Å². The highest BCUT2D eigenvalue weighted by Crippen LogP contribution is 2.27. The van der Waals surface area contributed by atoms with Crippen LogP contribution in [-0.4, -0.2) is 23.1 Å². The molecule has 6 nitrogen and oxygen atoms in total. The number of benzene rings is 2. The van der Waals surface area contributed by atoms with Crippen molar-refractivity contribution in [3.05, 3.63) is 42.5 Å². The predicted molar refractivity (Wildman–Crippen MR) is 96.0 cm³/mol. The summed E-state index contributed by atoms with van der Waals surface area (Å²) in [6, 6.07) is 12.9. The number of aromatic nitrogens is 1. The summed E-state index contributed by atoms with van der Waals surface area (Å²) in [4.78, 5) is 15.5. The third kappa shape index (κ3) is 3.52. The van der Waals surface area contributed by atoms with Crippen LogP contribution < -0.4 is 15.4 Å². The van der Waals surface area contributed by atoms with E-state index in [-0.39, 0.29) is 11.0 Å². The number of rotatable bonds is 3. The first kappa shape index (κ1) is 15.9. The molecule has 0 radical (unpaired) electrons. The number of methoxy groups -OCH3 is 1. The summed E-state index contributed by atoms with van der Waals surface area (Å²) in [6.07, 6.45) is 0. The molecular weight excluding hydrogens is 326 g/mol. The van der Waals surface area contributed by atoms with Crippen molar-refractivity contribution >= 4 is 40.0 Å². The van der Waals surface area contributed by atoms with Crippen LogP contribution in [0.5, 0.6) is 5.75 Å². The standard InChI is InChI=1S/C17H15N3O3S/c1-10(21)18-17(24)19-12-5-8-15-14(9-12)20-16(23-15)11-3-6-13(22-2)7-4-11/h3-9H,1-2H3,(H2,18,19,21,24). The maximum atomic E-state index is 11.0. The smallest absolute Gasteiger partial charge is 0.227 e. The van der Waals surface area contributed by atoms with Crippen LogP contribution in [0.3, 0.4) is 0 Å². The number of carbonyl (C=O) groups is 1. The van der Waals surface area contributed by atoms with Gasteiger partial charge in [-0.15, -0.1) is 0 Å². The summed E-state index contributed by atoms with van der Waals surface area (Å²) in [6.45, 7) is 1.40. The summed E-state index contributed by atoms with van der Waals surface area (Å²) in [5.41, 5.74) is 2.93. The Bertz CT molecular complexity index is 903. The minimum atomic E-state index is -0.225. The van der Waals surface area contributed by atoms with Crippen molar-refractivity contribution in [1.29, 1.82) is 0 Å². The van der Waals surface area contributed by atoms with Crippen LogP contribution in [0.15, 0.2) is 46.9 Å². The number of hydrogen-bond donors (Lipinski definition) is 2. The first-order valence-corrected chi connectivity index (χ1v) is 7.59. The summed E-state index contributed by atoms with van der Waals surface area (Å²) < 4.78 is 10.9. The average molecular weight is 341 g/mol. The zero-order valence-corrected chi connectivity index (χ0v) is 13.9. The second-order valence-electron chi connectivity index (χ2n) is 5.07. The summed E-state index contributed by atoms with van der Waals surface area (Å²) in [7, 11) is 1.62. The number of hydrogen-bond acceptors (Lipinski definition) is 5. The van der Waals surface area contributed by atoms with Crippen molar-refractivity contribution in [1.82, 2.24) is 10.3 Å². The molecule has 1 heterocycles. The van der Waals surface area contributed by atoms with Crippen molar-refractivity contribution in [2.45, 2.75) is 6.92 Å². The Morgan fingerprint density at radius 1 is 1.21 bits per heavy atom. The maximum Gasteiger partial charge on any atom is 0.227 e. The van der Waals surface area contributed by atoms with Crippen molar-refractivity contribution in [3.63, 3.8) is 0 Å². The van der Waals surface area contributed by atoms with Gasteiger partial charge < -0.3 is 19.8 Å². The summed E-state index contributed by atoms with van der Waals surface area (Å²) in [5.74, 6) is 1.07. The minimum absolute atomic E-state index is 0.225. The molecule has 1 aromatic heterocycles. The highest BCUT2D eigenvalue weighted by Gasteiger charge is 2.09. The second kappa shape index (κ2) is 6.67. The van der Waals surface area contributed by atoms with E-state index in [0.717, 1.165) is 17.0 Å². The number of anilines is 1. The van der Waals surface area contributed by atoms with Crippen LogP contribution in [0, 0.1) is 0 Å². The van der Waals surface area contributed by atoms with Gasteiger partial charge in [-0.3, -0.25) is 4.79 Å². The van der Waals surface area contributed by atoms with Gasteiger partial charge in [0.05, 0.1) is 7.11 Å². The fourth-order valence-electron chi connectivity index (χ4n) is 2.18. The lowest BCUT2D eigenvalue weighted by atomic mass is 10.2. The second-order valence-corrected chi connectivity index (χ2v) is 5.47. The van der Waals surface area contributed by atoms with Crippen molar-refractivity contribution in [2.75, 3.05) is 12.4 Å². The van der Waals surface area contributed by atoms with Crippen LogP contribution >= 0.6 is 12.2 Å². The molecule has 0 atom stereocenters. The highest BCUT2D eigenvalue weighted by molar-refractivity contribution is 7.80. The Kier molecular flexibility index (Phi) is 4.43. The van der Waals surface area contributed by atoms with Crippen molar-refractivity contribution in [3.8, 4) is 17.2 Å². The summed E-state index contributed by atoms with van der Waals surface area (Å²) >= 11 is 5.04. The van der Waals surface area contributed by atoms with Gasteiger partial charge in [-0.1, -0.05) is 0 Å². The predicted octanol–water partition coefficient (Wildman–Crippen LogP) is 3.34. The first-order chi connectivity index (χ1) is 11.5. The van der Waals surface area contributed by atoms with E-state index in [1.165, 1.54) is 6.92 Å². The lowest BCUT2D eigenvalue weighted by Gasteiger charge is -2.07. The monoisotopic (exact) mass is 341 g/mol. The molecule has 7 heteroatoms. The van der Waals surface area contributed by atoms with E-state index < -0.39 is 0 Å². The van der Waals surface area contributed by atoms with Crippen LogP contribution in [-0.2, 0) is 4.79 Å². The third-order valence-corrected chi connectivity index (χ3v) is 3.48. The molecule has 0 aliphatic heterocycles. The average Bonchev–Trinajstić information content (AvgIpc) is 2.97. The first-order valence-electron chi connectivity index (χ1n) is 7.19. The molecule has 0 aliphatic rings. The molecule has 0 aliphatic carbocycles. The van der Waals surface area contributed by atoms with Crippen LogP contribution in [0.4, 0.5) is 5.69 Å². The SMILES string of the molecule is COc1ccc(-c2nc3cc(NC(=S)NC(C)=O)ccc3o2)cc1. The Morgan fingerprint density at radius 2 is 1.96 bits per heavy atom. The zero-order valence-electron chi connectivity index (χ0n) is 13.1. The van der Waals surface area contributed by atoms with Gasteiger partial charge in [0.2, 0.25) is 11.8 Å².